The summed E-state index contributed by atoms with van der Waals surface area (Å²) in [5, 5.41) is 3.21. The molecule has 1 unspecified atom stereocenters. The summed E-state index contributed by atoms with van der Waals surface area (Å²) in [5.74, 6) is -1.01. The first-order valence-electron chi connectivity index (χ1n) is 6.64. The van der Waals surface area contributed by atoms with Gasteiger partial charge in [0.1, 0.15) is 6.04 Å². The zero-order chi connectivity index (χ0) is 15.9. The molecule has 4 nitrogen and oxygen atoms in total. The largest absolute Gasteiger partial charge is 0.368 e. The lowest BCUT2D eigenvalue weighted by molar-refractivity contribution is -0.125. The zero-order valence-electron chi connectivity index (χ0n) is 11.7. The second kappa shape index (κ2) is 7.43. The predicted octanol–water partition coefficient (Wildman–Crippen LogP) is 2.70. The molecule has 0 saturated carbocycles. The van der Waals surface area contributed by atoms with Gasteiger partial charge in [0.05, 0.1) is 0 Å². The first-order chi connectivity index (χ1) is 10.6. The van der Waals surface area contributed by atoms with Crippen molar-refractivity contribution in [2.45, 2.75) is 6.04 Å². The van der Waals surface area contributed by atoms with Gasteiger partial charge in [0.2, 0.25) is 11.8 Å². The Kier molecular flexibility index (Phi) is 5.33. The van der Waals surface area contributed by atoms with Crippen molar-refractivity contribution in [1.29, 1.82) is 0 Å². The van der Waals surface area contributed by atoms with Gasteiger partial charge in [0, 0.05) is 11.1 Å². The van der Waals surface area contributed by atoms with Gasteiger partial charge >= 0.3 is 0 Å². The van der Waals surface area contributed by atoms with Crippen LogP contribution in [0.15, 0.2) is 60.7 Å². The molecule has 3 N–H and O–H groups in total. The fourth-order valence-corrected chi connectivity index (χ4v) is 2.03. The van der Waals surface area contributed by atoms with Crippen LogP contribution < -0.4 is 11.1 Å². The van der Waals surface area contributed by atoms with Crippen molar-refractivity contribution in [3.63, 3.8) is 0 Å². The third-order valence-corrected chi connectivity index (χ3v) is 3.25. The zero-order valence-corrected chi connectivity index (χ0v) is 12.5. The minimum atomic E-state index is -0.858. The minimum Gasteiger partial charge on any atom is -0.368 e. The molecule has 0 aliphatic rings. The molecule has 0 fully saturated rings. The molecule has 0 heterocycles. The maximum Gasteiger partial charge on any atom is 0.244 e. The highest BCUT2D eigenvalue weighted by Gasteiger charge is 2.18. The average molecular weight is 315 g/mol. The third-order valence-electron chi connectivity index (χ3n) is 3.00. The normalized spacial score (nSPS) is 12.0. The van der Waals surface area contributed by atoms with Crippen LogP contribution in [-0.2, 0) is 9.59 Å². The van der Waals surface area contributed by atoms with Gasteiger partial charge in [-0.2, -0.15) is 0 Å². The van der Waals surface area contributed by atoms with E-state index in [1.54, 1.807) is 54.6 Å². The number of nitrogens with two attached hydrogens (primary N) is 1. The SMILES string of the molecule is NC(=O)C(NC(=O)/C=C/c1ccc(Cl)cc1)c1ccccc1. The van der Waals surface area contributed by atoms with E-state index in [9.17, 15) is 9.59 Å². The molecule has 2 aromatic rings. The first-order valence-corrected chi connectivity index (χ1v) is 7.02. The van der Waals surface area contributed by atoms with E-state index >= 15 is 0 Å². The Morgan fingerprint density at radius 2 is 1.68 bits per heavy atom. The monoisotopic (exact) mass is 314 g/mol. The van der Waals surface area contributed by atoms with Crippen molar-refractivity contribution in [3.8, 4) is 0 Å². The topological polar surface area (TPSA) is 72.2 Å². The van der Waals surface area contributed by atoms with E-state index in [4.69, 9.17) is 17.3 Å². The van der Waals surface area contributed by atoms with E-state index in [0.29, 0.717) is 10.6 Å². The van der Waals surface area contributed by atoms with Crippen LogP contribution in [0.25, 0.3) is 6.08 Å². The van der Waals surface area contributed by atoms with E-state index in [-0.39, 0.29) is 0 Å². The van der Waals surface area contributed by atoms with Crippen LogP contribution in [0.1, 0.15) is 17.2 Å². The van der Waals surface area contributed by atoms with Crippen LogP contribution in [0.3, 0.4) is 0 Å². The van der Waals surface area contributed by atoms with Crippen molar-refractivity contribution < 1.29 is 9.59 Å². The number of hydrogen-bond donors (Lipinski definition) is 2. The molecule has 0 aromatic heterocycles. The van der Waals surface area contributed by atoms with E-state index in [0.717, 1.165) is 5.56 Å². The quantitative estimate of drug-likeness (QED) is 0.833. The summed E-state index contributed by atoms with van der Waals surface area (Å²) < 4.78 is 0. The summed E-state index contributed by atoms with van der Waals surface area (Å²) in [6.45, 7) is 0. The Labute approximate surface area is 133 Å². The number of benzene rings is 2. The van der Waals surface area contributed by atoms with Crippen LogP contribution in [0.4, 0.5) is 0 Å². The maximum absolute atomic E-state index is 11.9. The molecular weight excluding hydrogens is 300 g/mol. The van der Waals surface area contributed by atoms with Gasteiger partial charge in [-0.25, -0.2) is 0 Å². The molecule has 2 rings (SSSR count). The molecule has 0 bridgehead atoms. The second-order valence-electron chi connectivity index (χ2n) is 4.64. The van der Waals surface area contributed by atoms with Crippen molar-refractivity contribution in [2.75, 3.05) is 0 Å². The van der Waals surface area contributed by atoms with Gasteiger partial charge in [0.25, 0.3) is 0 Å². The number of rotatable bonds is 5. The Bertz CT molecular complexity index is 682. The molecule has 0 aliphatic carbocycles. The number of hydrogen-bond acceptors (Lipinski definition) is 2. The van der Waals surface area contributed by atoms with Gasteiger partial charge < -0.3 is 11.1 Å². The number of carbonyl (C=O) groups excluding carboxylic acids is 2. The summed E-state index contributed by atoms with van der Waals surface area (Å²) in [4.78, 5) is 23.5. The number of carbonyl (C=O) groups is 2. The van der Waals surface area contributed by atoms with E-state index in [2.05, 4.69) is 5.32 Å². The highest BCUT2D eigenvalue weighted by atomic mass is 35.5. The molecule has 0 aliphatic heterocycles. The minimum absolute atomic E-state index is 0.400. The smallest absolute Gasteiger partial charge is 0.244 e. The second-order valence-corrected chi connectivity index (χ2v) is 5.08. The highest BCUT2D eigenvalue weighted by molar-refractivity contribution is 6.30. The van der Waals surface area contributed by atoms with E-state index < -0.39 is 17.9 Å². The first kappa shape index (κ1) is 15.8. The van der Waals surface area contributed by atoms with Gasteiger partial charge in [-0.05, 0) is 29.3 Å². The van der Waals surface area contributed by atoms with E-state index in [1.807, 2.05) is 6.07 Å². The molecule has 2 amide bonds. The predicted molar refractivity (Wildman–Crippen MR) is 87.0 cm³/mol. The van der Waals surface area contributed by atoms with Gasteiger partial charge in [-0.3, -0.25) is 9.59 Å². The molecule has 0 radical (unpaired) electrons. The molecule has 1 atom stereocenters. The molecule has 2 aromatic carbocycles. The summed E-state index contributed by atoms with van der Waals surface area (Å²) in [7, 11) is 0. The fourth-order valence-electron chi connectivity index (χ4n) is 1.90. The van der Waals surface area contributed by atoms with Gasteiger partial charge in [-0.1, -0.05) is 54.1 Å². The molecule has 112 valence electrons. The number of nitrogens with one attached hydrogen (secondary N) is 1. The van der Waals surface area contributed by atoms with Gasteiger partial charge in [0.15, 0.2) is 0 Å². The summed E-state index contributed by atoms with van der Waals surface area (Å²) >= 11 is 5.79. The standard InChI is InChI=1S/C17H15ClN2O2/c18-14-9-6-12(7-10-14)8-11-15(21)20-16(17(19)22)13-4-2-1-3-5-13/h1-11,16H,(H2,19,22)(H,20,21)/b11-8+. The highest BCUT2D eigenvalue weighted by Crippen LogP contribution is 2.13. The number of amides is 2. The molecule has 5 heteroatoms. The maximum atomic E-state index is 11.9. The third kappa shape index (κ3) is 4.46. The summed E-state index contributed by atoms with van der Waals surface area (Å²) in [6, 6.07) is 15.0. The molecule has 0 saturated heterocycles. The average Bonchev–Trinajstić information content (AvgIpc) is 2.52. The van der Waals surface area contributed by atoms with Crippen molar-refractivity contribution in [3.05, 3.63) is 76.8 Å². The Hall–Kier alpha value is -2.59. The Morgan fingerprint density at radius 3 is 2.27 bits per heavy atom. The molecular formula is C17H15ClN2O2. The van der Waals surface area contributed by atoms with Crippen molar-refractivity contribution in [2.24, 2.45) is 5.73 Å². The number of halogens is 1. The number of primary amides is 1. The van der Waals surface area contributed by atoms with Crippen LogP contribution in [0.5, 0.6) is 0 Å². The van der Waals surface area contributed by atoms with Crippen LogP contribution in [0, 0.1) is 0 Å². The van der Waals surface area contributed by atoms with Crippen LogP contribution in [-0.4, -0.2) is 11.8 Å². The van der Waals surface area contributed by atoms with E-state index in [1.165, 1.54) is 6.08 Å². The summed E-state index contributed by atoms with van der Waals surface area (Å²) in [6.07, 6.45) is 2.98. The summed E-state index contributed by atoms with van der Waals surface area (Å²) in [5.41, 5.74) is 6.82. The van der Waals surface area contributed by atoms with Gasteiger partial charge in [-0.15, -0.1) is 0 Å². The van der Waals surface area contributed by atoms with Crippen LogP contribution >= 0.6 is 11.6 Å². The van der Waals surface area contributed by atoms with Crippen molar-refractivity contribution >= 4 is 29.5 Å². The lowest BCUT2D eigenvalue weighted by atomic mass is 10.1. The lowest BCUT2D eigenvalue weighted by Gasteiger charge is -2.14. The molecule has 22 heavy (non-hydrogen) atoms. The molecule has 0 spiro atoms. The fraction of sp³-hybridized carbons (Fsp3) is 0.0588. The van der Waals surface area contributed by atoms with Crippen molar-refractivity contribution in [1.82, 2.24) is 5.32 Å². The van der Waals surface area contributed by atoms with Crippen LogP contribution in [0.2, 0.25) is 5.02 Å². The Balaban J connectivity index is 2.06. The Morgan fingerprint density at radius 1 is 1.05 bits per heavy atom. The lowest BCUT2D eigenvalue weighted by Crippen LogP contribution is -2.36.